The number of carbonyl (C=O) groups is 2. The zero-order valence-corrected chi connectivity index (χ0v) is 15.7. The lowest BCUT2D eigenvalue weighted by Gasteiger charge is -2.35. The van der Waals surface area contributed by atoms with Gasteiger partial charge in [0.2, 0.25) is 11.8 Å². The van der Waals surface area contributed by atoms with Crippen molar-refractivity contribution in [2.75, 3.05) is 45.8 Å². The van der Waals surface area contributed by atoms with Crippen molar-refractivity contribution in [1.82, 2.24) is 24.3 Å². The Kier molecular flexibility index (Phi) is 5.38. The van der Waals surface area contributed by atoms with E-state index < -0.39 is 0 Å². The largest absolute Gasteiger partial charge is 0.342 e. The molecule has 7 heteroatoms. The lowest BCUT2D eigenvalue weighted by atomic mass is 10.2. The molecule has 2 aromatic rings. The van der Waals surface area contributed by atoms with Gasteiger partial charge in [0.1, 0.15) is 0 Å². The molecule has 0 atom stereocenters. The van der Waals surface area contributed by atoms with Crippen LogP contribution in [-0.2, 0) is 16.1 Å². The summed E-state index contributed by atoms with van der Waals surface area (Å²) >= 11 is 0. The Morgan fingerprint density at radius 2 is 1.59 bits per heavy atom. The minimum absolute atomic E-state index is 0.179. The molecule has 0 aliphatic carbocycles. The second kappa shape index (κ2) is 8.08. The van der Waals surface area contributed by atoms with Crippen LogP contribution in [0.25, 0.3) is 11.0 Å². The van der Waals surface area contributed by atoms with Crippen LogP contribution >= 0.6 is 0 Å². The third kappa shape index (κ3) is 4.13. The van der Waals surface area contributed by atoms with Gasteiger partial charge in [0.05, 0.1) is 23.9 Å². The Morgan fingerprint density at radius 1 is 0.889 bits per heavy atom. The molecule has 1 aromatic carbocycles. The molecule has 0 spiro atoms. The van der Waals surface area contributed by atoms with Crippen molar-refractivity contribution in [2.45, 2.75) is 25.8 Å². The summed E-state index contributed by atoms with van der Waals surface area (Å²) in [5.41, 5.74) is 2.02. The van der Waals surface area contributed by atoms with Gasteiger partial charge < -0.3 is 14.4 Å². The van der Waals surface area contributed by atoms with E-state index >= 15 is 0 Å². The first-order chi connectivity index (χ1) is 13.2. The minimum Gasteiger partial charge on any atom is -0.342 e. The average Bonchev–Trinajstić information content (AvgIpc) is 3.37. The summed E-state index contributed by atoms with van der Waals surface area (Å²) in [4.78, 5) is 35.3. The van der Waals surface area contributed by atoms with Gasteiger partial charge >= 0.3 is 0 Å². The SMILES string of the molecule is O=C(CCn1cnc2ccccc21)N1CCN(CC(=O)N2CCCC2)CC1. The molecule has 1 aromatic heterocycles. The predicted octanol–water partition coefficient (Wildman–Crippen LogP) is 1.19. The standard InChI is InChI=1S/C20H27N5O2/c26-19(7-10-25-16-21-17-5-1-2-6-18(17)25)24-13-11-22(12-14-24)15-20(27)23-8-3-4-9-23/h1-2,5-6,16H,3-4,7-15H2. The van der Waals surface area contributed by atoms with E-state index in [1.165, 1.54) is 0 Å². The maximum atomic E-state index is 12.6. The first-order valence-corrected chi connectivity index (χ1v) is 9.88. The second-order valence-electron chi connectivity index (χ2n) is 7.42. The number of nitrogens with zero attached hydrogens (tertiary/aromatic N) is 5. The van der Waals surface area contributed by atoms with Crippen molar-refractivity contribution in [1.29, 1.82) is 0 Å². The van der Waals surface area contributed by atoms with Crippen LogP contribution in [0, 0.1) is 0 Å². The Labute approximate surface area is 159 Å². The van der Waals surface area contributed by atoms with Crippen LogP contribution < -0.4 is 0 Å². The zero-order valence-electron chi connectivity index (χ0n) is 15.7. The molecule has 3 heterocycles. The minimum atomic E-state index is 0.179. The summed E-state index contributed by atoms with van der Waals surface area (Å²) in [5.74, 6) is 0.414. The molecule has 0 unspecified atom stereocenters. The fraction of sp³-hybridized carbons (Fsp3) is 0.550. The van der Waals surface area contributed by atoms with E-state index in [1.807, 2.05) is 38.6 Å². The lowest BCUT2D eigenvalue weighted by molar-refractivity contribution is -0.134. The van der Waals surface area contributed by atoms with Gasteiger partial charge in [-0.25, -0.2) is 4.98 Å². The monoisotopic (exact) mass is 369 g/mol. The second-order valence-corrected chi connectivity index (χ2v) is 7.42. The third-order valence-electron chi connectivity index (χ3n) is 5.64. The number of fused-ring (bicyclic) bond motifs is 1. The first-order valence-electron chi connectivity index (χ1n) is 9.88. The van der Waals surface area contributed by atoms with E-state index in [9.17, 15) is 9.59 Å². The van der Waals surface area contributed by atoms with Crippen LogP contribution in [0.1, 0.15) is 19.3 Å². The smallest absolute Gasteiger partial charge is 0.236 e. The molecule has 2 fully saturated rings. The summed E-state index contributed by atoms with van der Waals surface area (Å²) in [6.45, 7) is 5.91. The summed E-state index contributed by atoms with van der Waals surface area (Å²) in [6, 6.07) is 7.98. The summed E-state index contributed by atoms with van der Waals surface area (Å²) < 4.78 is 2.04. The molecule has 7 nitrogen and oxygen atoms in total. The average molecular weight is 369 g/mol. The highest BCUT2D eigenvalue weighted by molar-refractivity contribution is 5.79. The van der Waals surface area contributed by atoms with Crippen molar-refractivity contribution in [3.8, 4) is 0 Å². The highest BCUT2D eigenvalue weighted by atomic mass is 16.2. The van der Waals surface area contributed by atoms with E-state index in [4.69, 9.17) is 0 Å². The van der Waals surface area contributed by atoms with Crippen LogP contribution in [0.4, 0.5) is 0 Å². The fourth-order valence-electron chi connectivity index (χ4n) is 3.98. The number of hydrogen-bond donors (Lipinski definition) is 0. The fourth-order valence-corrected chi connectivity index (χ4v) is 3.98. The van der Waals surface area contributed by atoms with Gasteiger partial charge in [-0.15, -0.1) is 0 Å². The van der Waals surface area contributed by atoms with Crippen molar-refractivity contribution in [2.24, 2.45) is 0 Å². The van der Waals surface area contributed by atoms with Crippen LogP contribution in [0.3, 0.4) is 0 Å². The third-order valence-corrected chi connectivity index (χ3v) is 5.64. The van der Waals surface area contributed by atoms with Gasteiger partial charge in [-0.3, -0.25) is 14.5 Å². The number of aryl methyl sites for hydroxylation is 1. The normalized spacial score (nSPS) is 18.4. The molecule has 2 saturated heterocycles. The molecule has 2 amide bonds. The summed E-state index contributed by atoms with van der Waals surface area (Å²) in [7, 11) is 0. The molecule has 4 rings (SSSR count). The van der Waals surface area contributed by atoms with Gasteiger partial charge in [-0.05, 0) is 25.0 Å². The van der Waals surface area contributed by atoms with Gasteiger partial charge in [0.15, 0.2) is 0 Å². The van der Waals surface area contributed by atoms with Crippen LogP contribution in [-0.4, -0.2) is 81.9 Å². The van der Waals surface area contributed by atoms with Gasteiger partial charge in [0, 0.05) is 52.2 Å². The Balaban J connectivity index is 1.23. The molecule has 144 valence electrons. The highest BCUT2D eigenvalue weighted by Crippen LogP contribution is 2.13. The number of carbonyl (C=O) groups excluding carboxylic acids is 2. The van der Waals surface area contributed by atoms with E-state index in [0.717, 1.165) is 50.1 Å². The van der Waals surface area contributed by atoms with Crippen LogP contribution in [0.2, 0.25) is 0 Å². The number of hydrogen-bond acceptors (Lipinski definition) is 4. The van der Waals surface area contributed by atoms with Gasteiger partial charge in [0.25, 0.3) is 0 Å². The molecule has 0 bridgehead atoms. The Morgan fingerprint density at radius 3 is 2.37 bits per heavy atom. The number of para-hydroxylation sites is 2. The maximum Gasteiger partial charge on any atom is 0.236 e. The van der Waals surface area contributed by atoms with Gasteiger partial charge in [-0.1, -0.05) is 12.1 Å². The Bertz CT molecular complexity index is 804. The molecule has 0 saturated carbocycles. The van der Waals surface area contributed by atoms with E-state index in [1.54, 1.807) is 6.33 Å². The lowest BCUT2D eigenvalue weighted by Crippen LogP contribution is -2.51. The highest BCUT2D eigenvalue weighted by Gasteiger charge is 2.25. The summed E-state index contributed by atoms with van der Waals surface area (Å²) in [5, 5.41) is 0. The molecular formula is C20H27N5O2. The molecule has 2 aliphatic heterocycles. The Hall–Kier alpha value is -2.41. The number of likely N-dealkylation sites (tertiary alicyclic amines) is 1. The molecular weight excluding hydrogens is 342 g/mol. The van der Waals surface area contributed by atoms with E-state index in [2.05, 4.69) is 9.88 Å². The number of imidazole rings is 1. The first kappa shape index (κ1) is 18.0. The number of amides is 2. The van der Waals surface area contributed by atoms with Gasteiger partial charge in [-0.2, -0.15) is 0 Å². The van der Waals surface area contributed by atoms with Crippen molar-refractivity contribution >= 4 is 22.8 Å². The predicted molar refractivity (Wildman–Crippen MR) is 103 cm³/mol. The topological polar surface area (TPSA) is 61.7 Å². The van der Waals surface area contributed by atoms with Crippen molar-refractivity contribution in [3.05, 3.63) is 30.6 Å². The number of benzene rings is 1. The summed E-state index contributed by atoms with van der Waals surface area (Å²) in [6.07, 6.45) is 4.54. The van der Waals surface area contributed by atoms with Crippen molar-refractivity contribution < 1.29 is 9.59 Å². The molecule has 2 aliphatic rings. The maximum absolute atomic E-state index is 12.6. The molecule has 0 N–H and O–H groups in total. The molecule has 27 heavy (non-hydrogen) atoms. The van der Waals surface area contributed by atoms with E-state index in [-0.39, 0.29) is 11.8 Å². The molecule has 0 radical (unpaired) electrons. The van der Waals surface area contributed by atoms with Crippen molar-refractivity contribution in [3.63, 3.8) is 0 Å². The van der Waals surface area contributed by atoms with E-state index in [0.29, 0.717) is 32.6 Å². The number of rotatable bonds is 5. The van der Waals surface area contributed by atoms with Crippen LogP contribution in [0.15, 0.2) is 30.6 Å². The quantitative estimate of drug-likeness (QED) is 0.794. The zero-order chi connectivity index (χ0) is 18.6. The van der Waals surface area contributed by atoms with Crippen LogP contribution in [0.5, 0.6) is 0 Å². The number of aromatic nitrogens is 2. The number of piperazine rings is 1.